The van der Waals surface area contributed by atoms with Crippen molar-refractivity contribution in [3.05, 3.63) is 70.1 Å². The normalized spacial score (nSPS) is 17.7. The number of aliphatic hydroxyl groups excluding tert-OH is 1. The van der Waals surface area contributed by atoms with Crippen LogP contribution in [0.3, 0.4) is 0 Å². The molecular weight excluding hydrogens is 573 g/mol. The van der Waals surface area contributed by atoms with Gasteiger partial charge in [-0.05, 0) is 49.9 Å². The number of nitrogens with zero attached hydrogens (tertiary/aromatic N) is 3. The lowest BCUT2D eigenvalue weighted by molar-refractivity contribution is -0.137. The van der Waals surface area contributed by atoms with Gasteiger partial charge in [0.1, 0.15) is 18.6 Å². The van der Waals surface area contributed by atoms with Gasteiger partial charge in [0.05, 0.1) is 18.1 Å². The van der Waals surface area contributed by atoms with Crippen LogP contribution in [0.15, 0.2) is 42.6 Å². The van der Waals surface area contributed by atoms with Crippen LogP contribution >= 0.6 is 11.6 Å². The van der Waals surface area contributed by atoms with Gasteiger partial charge in [-0.15, -0.1) is 0 Å². The van der Waals surface area contributed by atoms with E-state index in [1.807, 2.05) is 0 Å². The van der Waals surface area contributed by atoms with E-state index in [9.17, 15) is 32.7 Å². The molecule has 2 amide bonds. The summed E-state index contributed by atoms with van der Waals surface area (Å²) in [5, 5.41) is 14.0. The van der Waals surface area contributed by atoms with E-state index in [0.29, 0.717) is 28.6 Å². The molecule has 1 saturated heterocycles. The maximum Gasteiger partial charge on any atom is 0.260 e. The predicted molar refractivity (Wildman–Crippen MR) is 151 cm³/mol. The second-order valence-electron chi connectivity index (χ2n) is 11.0. The number of alkyl halides is 2. The lowest BCUT2D eigenvalue weighted by Crippen LogP contribution is -2.44. The quantitative estimate of drug-likeness (QED) is 0.328. The molecule has 0 radical (unpaired) electrons. The number of ketones is 1. The van der Waals surface area contributed by atoms with Gasteiger partial charge in [0.25, 0.3) is 5.92 Å². The van der Waals surface area contributed by atoms with Crippen molar-refractivity contribution in [1.29, 1.82) is 0 Å². The molecule has 1 atom stereocenters. The monoisotopic (exact) mass is 604 g/mol. The van der Waals surface area contributed by atoms with Crippen LogP contribution in [0.2, 0.25) is 5.02 Å². The summed E-state index contributed by atoms with van der Waals surface area (Å²) in [6.07, 6.45) is 1.84. The first-order valence-electron chi connectivity index (χ1n) is 13.9. The predicted octanol–water partition coefficient (Wildman–Crippen LogP) is 4.67. The summed E-state index contributed by atoms with van der Waals surface area (Å²) in [7, 11) is 0. The minimum atomic E-state index is -2.88. The first-order valence-corrected chi connectivity index (χ1v) is 14.2. The summed E-state index contributed by atoms with van der Waals surface area (Å²) < 4.78 is 43.7. The number of halogens is 4. The third kappa shape index (κ3) is 6.63. The summed E-state index contributed by atoms with van der Waals surface area (Å²) in [4.78, 5) is 41.4. The highest BCUT2D eigenvalue weighted by Gasteiger charge is 2.38. The standard InChI is InChI=1S/C30H32ClF3N4O4/c1-18(39)23-14-37(25-9-6-19(12-22(23)25)29(42)36-11-3-10-30(33,34)17-36)16-27(41)38(21-7-8-21)15-26(40)35-13-20-4-2-5-24(31)28(20)32/h2,4-6,9,12,14,21,29,42H,3,7-8,10-11,13,15-17H2,1H3,(H,35,40). The first-order chi connectivity index (χ1) is 19.9. The number of amides is 2. The average Bonchev–Trinajstić information content (AvgIpc) is 3.72. The van der Waals surface area contributed by atoms with E-state index in [1.54, 1.807) is 35.0 Å². The van der Waals surface area contributed by atoms with Crippen molar-refractivity contribution in [3.8, 4) is 0 Å². The summed E-state index contributed by atoms with van der Waals surface area (Å²) in [5.74, 6) is -4.52. The largest absolute Gasteiger partial charge is 0.374 e. The van der Waals surface area contributed by atoms with Crippen molar-refractivity contribution in [2.24, 2.45) is 0 Å². The fourth-order valence-electron chi connectivity index (χ4n) is 5.44. The SMILES string of the molecule is CC(=O)c1cn(CC(=O)N(CC(=O)NCc2cccc(Cl)c2F)C2CC2)c2ccc(C(O)N3CCCC(F)(F)C3)cc12. The van der Waals surface area contributed by atoms with Crippen LogP contribution in [-0.4, -0.2) is 68.7 Å². The number of nitrogens with one attached hydrogen (secondary N) is 1. The van der Waals surface area contributed by atoms with Crippen LogP contribution < -0.4 is 5.32 Å². The van der Waals surface area contributed by atoms with Crippen molar-refractivity contribution < 1.29 is 32.7 Å². The number of piperidine rings is 1. The zero-order valence-electron chi connectivity index (χ0n) is 23.1. The Morgan fingerprint density at radius 1 is 1.21 bits per heavy atom. The number of hydrogen-bond acceptors (Lipinski definition) is 5. The molecule has 0 spiro atoms. The summed E-state index contributed by atoms with van der Waals surface area (Å²) in [6, 6.07) is 9.28. The van der Waals surface area contributed by atoms with Crippen LogP contribution in [0, 0.1) is 5.82 Å². The third-order valence-electron chi connectivity index (χ3n) is 7.79. The zero-order valence-corrected chi connectivity index (χ0v) is 23.8. The second kappa shape index (κ2) is 12.1. The number of benzene rings is 2. The Bertz CT molecular complexity index is 1520. The maximum atomic E-state index is 14.2. The van der Waals surface area contributed by atoms with E-state index in [4.69, 9.17) is 11.6 Å². The van der Waals surface area contributed by atoms with Crippen LogP contribution in [-0.2, 0) is 22.7 Å². The Hall–Kier alpha value is -3.41. The Morgan fingerprint density at radius 2 is 1.98 bits per heavy atom. The Balaban J connectivity index is 1.31. The molecule has 1 saturated carbocycles. The molecule has 42 heavy (non-hydrogen) atoms. The maximum absolute atomic E-state index is 14.2. The molecule has 12 heteroatoms. The minimum Gasteiger partial charge on any atom is -0.374 e. The van der Waals surface area contributed by atoms with Crippen molar-refractivity contribution in [1.82, 2.24) is 19.7 Å². The number of hydrogen-bond donors (Lipinski definition) is 2. The molecule has 1 aliphatic heterocycles. The second-order valence-corrected chi connectivity index (χ2v) is 11.5. The fourth-order valence-corrected chi connectivity index (χ4v) is 5.63. The molecule has 2 N–H and O–H groups in total. The molecule has 1 unspecified atom stereocenters. The average molecular weight is 605 g/mol. The molecule has 2 fully saturated rings. The van der Waals surface area contributed by atoms with E-state index in [-0.39, 0.29) is 60.8 Å². The highest BCUT2D eigenvalue weighted by Crippen LogP contribution is 2.33. The van der Waals surface area contributed by atoms with Gasteiger partial charge in [0.15, 0.2) is 5.78 Å². The molecule has 2 aromatic carbocycles. The van der Waals surface area contributed by atoms with Gasteiger partial charge in [-0.2, -0.15) is 0 Å². The number of carbonyl (C=O) groups excluding carboxylic acids is 3. The number of likely N-dealkylation sites (tertiary alicyclic amines) is 1. The first kappa shape index (κ1) is 30.1. The van der Waals surface area contributed by atoms with Gasteiger partial charge < -0.3 is 19.9 Å². The Morgan fingerprint density at radius 3 is 2.67 bits per heavy atom. The molecular formula is C30H32ClF3N4O4. The molecule has 2 heterocycles. The number of rotatable bonds is 10. The van der Waals surface area contributed by atoms with Crippen molar-refractivity contribution >= 4 is 40.1 Å². The van der Waals surface area contributed by atoms with Crippen LogP contribution in [0.1, 0.15) is 60.3 Å². The number of carbonyl (C=O) groups is 3. The van der Waals surface area contributed by atoms with Crippen LogP contribution in [0.4, 0.5) is 13.2 Å². The van der Waals surface area contributed by atoms with E-state index in [0.717, 1.165) is 12.8 Å². The summed E-state index contributed by atoms with van der Waals surface area (Å²) >= 11 is 5.81. The number of Topliss-reactive ketones (excluding diaryl/α,β-unsaturated/α-hetero) is 1. The van der Waals surface area contributed by atoms with Crippen molar-refractivity contribution in [3.63, 3.8) is 0 Å². The number of aromatic nitrogens is 1. The van der Waals surface area contributed by atoms with Gasteiger partial charge in [0, 0.05) is 53.8 Å². The highest BCUT2D eigenvalue weighted by atomic mass is 35.5. The Kier molecular flexibility index (Phi) is 8.63. The lowest BCUT2D eigenvalue weighted by atomic mass is 10.0. The minimum absolute atomic E-state index is 0.0462. The van der Waals surface area contributed by atoms with Crippen molar-refractivity contribution in [2.75, 3.05) is 19.6 Å². The summed E-state index contributed by atoms with van der Waals surface area (Å²) in [5.41, 5.74) is 1.49. The molecule has 1 aliphatic carbocycles. The van der Waals surface area contributed by atoms with Crippen LogP contribution in [0.25, 0.3) is 10.9 Å². The topological polar surface area (TPSA) is 94.9 Å². The Labute approximate surface area is 246 Å². The van der Waals surface area contributed by atoms with Crippen LogP contribution in [0.5, 0.6) is 0 Å². The fraction of sp³-hybridized carbons (Fsp3) is 0.433. The van der Waals surface area contributed by atoms with E-state index in [1.165, 1.54) is 28.9 Å². The van der Waals surface area contributed by atoms with Gasteiger partial charge in [-0.25, -0.2) is 13.2 Å². The van der Waals surface area contributed by atoms with E-state index < -0.39 is 30.4 Å². The van der Waals surface area contributed by atoms with Gasteiger partial charge in [-0.3, -0.25) is 19.3 Å². The molecule has 3 aromatic rings. The van der Waals surface area contributed by atoms with Gasteiger partial charge in [-0.1, -0.05) is 29.8 Å². The number of aliphatic hydroxyl groups is 1. The molecule has 1 aromatic heterocycles. The highest BCUT2D eigenvalue weighted by molar-refractivity contribution is 6.30. The zero-order chi connectivity index (χ0) is 30.2. The lowest BCUT2D eigenvalue weighted by Gasteiger charge is -2.35. The van der Waals surface area contributed by atoms with Crippen molar-refractivity contribution in [2.45, 2.75) is 63.9 Å². The van der Waals surface area contributed by atoms with Gasteiger partial charge >= 0.3 is 0 Å². The molecule has 2 aliphatic rings. The van der Waals surface area contributed by atoms with Gasteiger partial charge in [0.2, 0.25) is 11.8 Å². The van der Waals surface area contributed by atoms with E-state index in [2.05, 4.69) is 5.32 Å². The molecule has 0 bridgehead atoms. The number of fused-ring (bicyclic) bond motifs is 1. The smallest absolute Gasteiger partial charge is 0.260 e. The summed E-state index contributed by atoms with van der Waals surface area (Å²) in [6.45, 7) is 0.727. The molecule has 5 rings (SSSR count). The third-order valence-corrected chi connectivity index (χ3v) is 8.08. The van der Waals surface area contributed by atoms with E-state index >= 15 is 0 Å². The molecule has 8 nitrogen and oxygen atoms in total. The molecule has 224 valence electrons.